The van der Waals surface area contributed by atoms with Crippen LogP contribution in [-0.4, -0.2) is 0 Å². The summed E-state index contributed by atoms with van der Waals surface area (Å²) in [5.41, 5.74) is 0. The van der Waals surface area contributed by atoms with Crippen molar-refractivity contribution in [3.63, 3.8) is 0 Å². The first kappa shape index (κ1) is 116. The van der Waals surface area contributed by atoms with Crippen LogP contribution in [0, 0.1) is 0 Å². The second-order valence-electron chi connectivity index (χ2n) is 0. The zero-order valence-corrected chi connectivity index (χ0v) is 7.41. The number of hydrogen-bond donors (Lipinski definition) is 0. The van der Waals surface area contributed by atoms with Gasteiger partial charge in [0.05, 0.1) is 0 Å². The van der Waals surface area contributed by atoms with E-state index in [1.54, 1.807) is 0 Å². The fourth-order valence-corrected chi connectivity index (χ4v) is 0. The molecule has 0 saturated heterocycles. The fraction of sp³-hybridized carbons (Fsp3) is 0. The molecule has 0 bridgehead atoms. The van der Waals surface area contributed by atoms with E-state index < -0.39 is 0 Å². The molecule has 0 spiro atoms. The molecule has 3 nitrogen and oxygen atoms in total. The predicted molar refractivity (Wildman–Crippen MR) is 2.06 cm³/mol. The molecule has 0 aromatic carbocycles. The molecule has 0 amide bonds. The Balaban J connectivity index is 0. The van der Waals surface area contributed by atoms with Crippen molar-refractivity contribution in [2.45, 2.75) is 0 Å². The molecule has 0 heterocycles. The average molecular weight is 420 g/mol. The zero-order chi connectivity index (χ0) is 0. The molecule has 0 saturated carbocycles. The van der Waals surface area contributed by atoms with Gasteiger partial charge < -0.3 is 16.4 Å². The van der Waals surface area contributed by atoms with Gasteiger partial charge in [0, 0.05) is 0 Å². The van der Waals surface area contributed by atoms with Crippen molar-refractivity contribution in [2.75, 3.05) is 0 Å². The van der Waals surface area contributed by atoms with E-state index in [4.69, 9.17) is 0 Å². The summed E-state index contributed by atoms with van der Waals surface area (Å²) >= 11 is 0. The van der Waals surface area contributed by atoms with Crippen molar-refractivity contribution in [1.29, 1.82) is 0 Å². The molecule has 0 atom stereocenters. The summed E-state index contributed by atoms with van der Waals surface area (Å²) in [7, 11) is 0. The van der Waals surface area contributed by atoms with Gasteiger partial charge in [-0.3, -0.25) is 0 Å². The Morgan fingerprint density at radius 2 is 0.400 bits per heavy atom. The Bertz CT molecular complexity index is 4.85. The molecule has 5 heavy (non-hydrogen) atoms. The second-order valence-corrected chi connectivity index (χ2v) is 0. The molecule has 0 fully saturated rings. The van der Waals surface area contributed by atoms with Gasteiger partial charge in [0.1, 0.15) is 0 Å². The van der Waals surface area contributed by atoms with Crippen LogP contribution in [0.25, 0.3) is 0 Å². The predicted octanol–water partition coefficient (Wildman–Crippen LogP) is -0.361. The van der Waals surface area contributed by atoms with Gasteiger partial charge in [0.2, 0.25) is 0 Å². The second kappa shape index (κ2) is 63.4. The van der Waals surface area contributed by atoms with Crippen LogP contribution >= 0.6 is 0 Å². The van der Waals surface area contributed by atoms with Gasteiger partial charge in [-0.05, 0) is 0 Å². The molecule has 0 aliphatic heterocycles. The molecule has 0 aromatic heterocycles. The minimum Gasteiger partial charge on any atom is -2.00 e. The van der Waals surface area contributed by atoms with E-state index >= 15 is 0 Å². The van der Waals surface area contributed by atoms with Gasteiger partial charge in [-0.2, -0.15) is 0 Å². The summed E-state index contributed by atoms with van der Waals surface area (Å²) in [6.07, 6.45) is 0. The molecule has 0 unspecified atom stereocenters. The summed E-state index contributed by atoms with van der Waals surface area (Å²) in [5.74, 6) is 0. The van der Waals surface area contributed by atoms with E-state index in [1.807, 2.05) is 0 Å². The van der Waals surface area contributed by atoms with E-state index in [-0.39, 0.29) is 57.3 Å². The molecule has 0 aromatic rings. The molecule has 0 rings (SSSR count). The third-order valence-electron chi connectivity index (χ3n) is 0. The van der Waals surface area contributed by atoms with Crippen LogP contribution in [0.3, 0.4) is 0 Å². The van der Waals surface area contributed by atoms with E-state index in [0.29, 0.717) is 0 Å². The maximum Gasteiger partial charge on any atom is 3.00 e. The van der Waals surface area contributed by atoms with Crippen molar-refractivity contribution in [3.8, 4) is 0 Å². The van der Waals surface area contributed by atoms with E-state index in [1.165, 1.54) is 0 Å². The van der Waals surface area contributed by atoms with Crippen LogP contribution in [0.1, 0.15) is 0 Å². The monoisotopic (exact) mass is 422 g/mol. The van der Waals surface area contributed by atoms with Crippen LogP contribution in [-0.2, 0) is 57.3 Å². The molecule has 5 heteroatoms. The van der Waals surface area contributed by atoms with Crippen LogP contribution in [0.15, 0.2) is 0 Å². The van der Waals surface area contributed by atoms with E-state index in [9.17, 15) is 0 Å². The Hall–Kier alpha value is 1.20. The fourth-order valence-electron chi connectivity index (χ4n) is 0. The number of hydrogen-bond acceptors (Lipinski definition) is 0. The molecule has 0 aliphatic carbocycles. The number of rotatable bonds is 0. The van der Waals surface area contributed by atoms with Crippen molar-refractivity contribution in [1.82, 2.24) is 0 Å². The summed E-state index contributed by atoms with van der Waals surface area (Å²) in [4.78, 5) is 0. The Morgan fingerprint density at radius 1 is 0.400 bits per heavy atom. The molecular weight excluding hydrogens is 420 g/mol. The van der Waals surface area contributed by atoms with Gasteiger partial charge in [0.25, 0.3) is 0 Å². The quantitative estimate of drug-likeness (QED) is 0.513. The van der Waals surface area contributed by atoms with Gasteiger partial charge in [0.15, 0.2) is 0 Å². The summed E-state index contributed by atoms with van der Waals surface area (Å²) in [5, 5.41) is 0. The molecule has 0 aliphatic rings. The van der Waals surface area contributed by atoms with Gasteiger partial charge >= 0.3 is 40.8 Å². The van der Waals surface area contributed by atoms with Crippen LogP contribution in [0.5, 0.6) is 0 Å². The SMILES string of the molecule is [O-2].[O-2].[O-2].[Re+3].[Re+3]. The third kappa shape index (κ3) is 36.8. The maximum absolute atomic E-state index is 0. The Labute approximate surface area is 57.4 Å². The first-order chi connectivity index (χ1) is 0. The molecule has 32 valence electrons. The van der Waals surface area contributed by atoms with Gasteiger partial charge in [-0.15, -0.1) is 0 Å². The third-order valence-corrected chi connectivity index (χ3v) is 0. The molecular formula is O3Re2. The molecule has 0 radical (unpaired) electrons. The smallest absolute Gasteiger partial charge is 2.00 e. The van der Waals surface area contributed by atoms with Crippen molar-refractivity contribution < 1.29 is 57.3 Å². The summed E-state index contributed by atoms with van der Waals surface area (Å²) < 4.78 is 0. The van der Waals surface area contributed by atoms with E-state index in [0.717, 1.165) is 0 Å². The molecule has 0 N–H and O–H groups in total. The normalized spacial score (nSPS) is 0. The van der Waals surface area contributed by atoms with Crippen molar-refractivity contribution >= 4 is 0 Å². The van der Waals surface area contributed by atoms with Crippen LogP contribution < -0.4 is 0 Å². The largest absolute Gasteiger partial charge is 3.00 e. The Morgan fingerprint density at radius 3 is 0.400 bits per heavy atom. The van der Waals surface area contributed by atoms with Crippen molar-refractivity contribution in [2.24, 2.45) is 0 Å². The van der Waals surface area contributed by atoms with Gasteiger partial charge in [-0.25, -0.2) is 0 Å². The van der Waals surface area contributed by atoms with Gasteiger partial charge in [-0.1, -0.05) is 0 Å². The standard InChI is InChI=1S/3O.2Re/q3*-2;2*+3. The van der Waals surface area contributed by atoms with Crippen LogP contribution in [0.2, 0.25) is 0 Å². The first-order valence-electron chi connectivity index (χ1n) is 0. The summed E-state index contributed by atoms with van der Waals surface area (Å²) in [6.45, 7) is 0. The first-order valence-corrected chi connectivity index (χ1v) is 0. The average Bonchev–Trinajstić information content (AvgIpc) is 0. The van der Waals surface area contributed by atoms with Crippen molar-refractivity contribution in [3.05, 3.63) is 0 Å². The van der Waals surface area contributed by atoms with E-state index in [2.05, 4.69) is 0 Å². The topological polar surface area (TPSA) is 85.5 Å². The summed E-state index contributed by atoms with van der Waals surface area (Å²) in [6, 6.07) is 0. The van der Waals surface area contributed by atoms with Crippen LogP contribution in [0.4, 0.5) is 0 Å². The minimum atomic E-state index is 0. The zero-order valence-electron chi connectivity index (χ0n) is 1.98. The minimum absolute atomic E-state index is 0. The maximum atomic E-state index is 0. The Kier molecular flexibility index (Phi) is 1470.